The highest BCUT2D eigenvalue weighted by molar-refractivity contribution is 8.29. The topological polar surface area (TPSA) is 9.23 Å². The van der Waals surface area contributed by atoms with Gasteiger partial charge in [0, 0.05) is 0 Å². The number of rotatable bonds is 0. The largest absolute Gasteiger partial charge is 0.377 e. The Morgan fingerprint density at radius 1 is 1.33 bits per heavy atom. The van der Waals surface area contributed by atoms with Gasteiger partial charge in [-0.3, -0.25) is 0 Å². The van der Waals surface area contributed by atoms with E-state index in [1.165, 1.54) is 11.8 Å². The van der Waals surface area contributed by atoms with E-state index >= 15 is 0 Å². The van der Waals surface area contributed by atoms with Gasteiger partial charge in [0.1, 0.15) is 0 Å². The summed E-state index contributed by atoms with van der Waals surface area (Å²) >= 11 is 0. The van der Waals surface area contributed by atoms with Crippen LogP contribution in [0.2, 0.25) is 19.1 Å². The molecule has 0 unspecified atom stereocenters. The van der Waals surface area contributed by atoms with Crippen LogP contribution in [-0.4, -0.2) is 26.6 Å². The van der Waals surface area contributed by atoms with Crippen molar-refractivity contribution >= 4 is 18.6 Å². The molecular formula is C6H16OSSi. The van der Waals surface area contributed by atoms with Crippen molar-refractivity contribution in [3.63, 3.8) is 0 Å². The van der Waals surface area contributed by atoms with Gasteiger partial charge in [-0.15, -0.1) is 0 Å². The van der Waals surface area contributed by atoms with Crippen LogP contribution in [0.15, 0.2) is 0 Å². The molecule has 0 bridgehead atoms. The fourth-order valence-corrected chi connectivity index (χ4v) is 10.7. The van der Waals surface area contributed by atoms with Crippen molar-refractivity contribution < 1.29 is 3.87 Å². The maximum atomic E-state index is 5.96. The van der Waals surface area contributed by atoms with Crippen LogP contribution in [0.25, 0.3) is 0 Å². The molecule has 1 aliphatic heterocycles. The van der Waals surface area contributed by atoms with Crippen LogP contribution in [0.5, 0.6) is 0 Å². The molecule has 1 heterocycles. The average Bonchev–Trinajstić information content (AvgIpc) is 1.78. The number of hydrogen-bond donors (Lipinski definition) is 0. The summed E-state index contributed by atoms with van der Waals surface area (Å²) in [5, 5.41) is 0. The smallest absolute Gasteiger partial charge is 0.203 e. The van der Waals surface area contributed by atoms with E-state index in [4.69, 9.17) is 3.87 Å². The van der Waals surface area contributed by atoms with E-state index in [1.807, 2.05) is 0 Å². The van der Waals surface area contributed by atoms with Gasteiger partial charge in [0.05, 0.1) is 0 Å². The quantitative estimate of drug-likeness (QED) is 0.499. The van der Waals surface area contributed by atoms with Crippen molar-refractivity contribution in [3.05, 3.63) is 0 Å². The van der Waals surface area contributed by atoms with E-state index in [9.17, 15) is 0 Å². The minimum atomic E-state index is -1.14. The Balaban J connectivity index is 2.58. The lowest BCUT2D eigenvalue weighted by Gasteiger charge is -2.27. The first kappa shape index (κ1) is 7.63. The molecule has 9 heavy (non-hydrogen) atoms. The van der Waals surface area contributed by atoms with Gasteiger partial charge in [0.25, 0.3) is 0 Å². The van der Waals surface area contributed by atoms with Gasteiger partial charge in [-0.25, -0.2) is 0 Å². The first-order valence-electron chi connectivity index (χ1n) is 3.33. The Morgan fingerprint density at radius 2 is 1.89 bits per heavy atom. The molecular weight excluding hydrogens is 148 g/mol. The molecule has 0 aromatic heterocycles. The third-order valence-corrected chi connectivity index (χ3v) is 8.26. The van der Waals surface area contributed by atoms with Gasteiger partial charge >= 0.3 is 0 Å². The van der Waals surface area contributed by atoms with Crippen LogP contribution in [0.3, 0.4) is 0 Å². The molecule has 1 fully saturated rings. The highest BCUT2D eigenvalue weighted by Gasteiger charge is 2.36. The fourth-order valence-electron chi connectivity index (χ4n) is 1.19. The van der Waals surface area contributed by atoms with Gasteiger partial charge < -0.3 is 3.87 Å². The molecule has 1 rings (SSSR count). The van der Waals surface area contributed by atoms with Gasteiger partial charge in [-0.05, 0) is 37.4 Å². The molecule has 1 nitrogen and oxygen atoms in total. The molecule has 0 atom stereocenters. The molecule has 3 heteroatoms. The zero-order chi connectivity index (χ0) is 7.12. The lowest BCUT2D eigenvalue weighted by Crippen LogP contribution is -2.23. The summed E-state index contributed by atoms with van der Waals surface area (Å²) < 4.78 is 5.96. The molecule has 1 aliphatic rings. The molecule has 0 N–H and O–H groups in total. The second kappa shape index (κ2) is 2.00. The van der Waals surface area contributed by atoms with Crippen molar-refractivity contribution in [2.24, 2.45) is 0 Å². The van der Waals surface area contributed by atoms with E-state index in [0.29, 0.717) is 0 Å². The molecule has 0 spiro atoms. The lowest BCUT2D eigenvalue weighted by atomic mass is 11.0. The van der Waals surface area contributed by atoms with E-state index < -0.39 is 18.6 Å². The zero-order valence-electron chi connectivity index (χ0n) is 6.73. The van der Waals surface area contributed by atoms with Crippen molar-refractivity contribution in [1.82, 2.24) is 0 Å². The van der Waals surface area contributed by atoms with Crippen LogP contribution >= 0.6 is 10.3 Å². The Bertz CT molecular complexity index is 108. The molecule has 56 valence electrons. The van der Waals surface area contributed by atoms with Crippen molar-refractivity contribution in [2.75, 3.05) is 18.3 Å². The monoisotopic (exact) mass is 164 g/mol. The zero-order valence-corrected chi connectivity index (χ0v) is 8.55. The normalized spacial score (nSPS) is 34.2. The molecule has 0 aliphatic carbocycles. The number of hydrogen-bond acceptors (Lipinski definition) is 1. The second-order valence-corrected chi connectivity index (χ2v) is 11.7. The second-order valence-electron chi connectivity index (χ2n) is 3.73. The molecule has 0 radical (unpaired) electrons. The van der Waals surface area contributed by atoms with Crippen molar-refractivity contribution in [3.8, 4) is 0 Å². The molecule has 0 aromatic rings. The minimum Gasteiger partial charge on any atom is -0.377 e. The Kier molecular flexibility index (Phi) is 1.70. The van der Waals surface area contributed by atoms with Crippen LogP contribution in [-0.2, 0) is 3.87 Å². The summed E-state index contributed by atoms with van der Waals surface area (Å²) in [6, 6.07) is 1.37. The van der Waals surface area contributed by atoms with Crippen molar-refractivity contribution in [2.45, 2.75) is 19.1 Å². The predicted molar refractivity (Wildman–Crippen MR) is 47.7 cm³/mol. The summed E-state index contributed by atoms with van der Waals surface area (Å²) in [7, 11) is -1.73. The Morgan fingerprint density at radius 3 is 2.00 bits per heavy atom. The third-order valence-electron chi connectivity index (χ3n) is 1.65. The van der Waals surface area contributed by atoms with E-state index in [-0.39, 0.29) is 0 Å². The van der Waals surface area contributed by atoms with Crippen LogP contribution < -0.4 is 0 Å². The predicted octanol–water partition coefficient (Wildman–Crippen LogP) is 2.20. The standard InChI is InChI=1S/C6H16OSSi/c1-8(2)5-6-9(3,4)7-8/h5-6H2,1-4H3. The first-order valence-corrected chi connectivity index (χ1v) is 8.99. The molecule has 0 aromatic carbocycles. The minimum absolute atomic E-state index is 0.592. The van der Waals surface area contributed by atoms with E-state index in [2.05, 4.69) is 25.6 Å². The molecule has 0 amide bonds. The van der Waals surface area contributed by atoms with Crippen LogP contribution in [0.1, 0.15) is 0 Å². The SMILES string of the molecule is C[Si]1(C)CCS(C)(C)O1. The lowest BCUT2D eigenvalue weighted by molar-refractivity contribution is 0.644. The van der Waals surface area contributed by atoms with Gasteiger partial charge in [-0.1, -0.05) is 0 Å². The maximum absolute atomic E-state index is 5.96. The van der Waals surface area contributed by atoms with Gasteiger partial charge in [-0.2, -0.15) is 10.3 Å². The third kappa shape index (κ3) is 1.99. The maximum Gasteiger partial charge on any atom is 0.203 e. The summed E-state index contributed by atoms with van der Waals surface area (Å²) in [6.45, 7) is 4.63. The van der Waals surface area contributed by atoms with Crippen molar-refractivity contribution in [1.29, 1.82) is 0 Å². The van der Waals surface area contributed by atoms with Gasteiger partial charge in [0.15, 0.2) is 0 Å². The Labute approximate surface area is 60.4 Å². The van der Waals surface area contributed by atoms with Crippen LogP contribution in [0, 0.1) is 0 Å². The molecule has 0 saturated carbocycles. The first-order chi connectivity index (χ1) is 3.91. The summed E-state index contributed by atoms with van der Waals surface area (Å²) in [5.41, 5.74) is 0. The highest BCUT2D eigenvalue weighted by atomic mass is 32.3. The molecule has 1 saturated heterocycles. The van der Waals surface area contributed by atoms with E-state index in [0.717, 1.165) is 0 Å². The fraction of sp³-hybridized carbons (Fsp3) is 1.00. The Hall–Kier alpha value is 0.527. The summed E-state index contributed by atoms with van der Waals surface area (Å²) in [4.78, 5) is 0. The van der Waals surface area contributed by atoms with E-state index in [1.54, 1.807) is 0 Å². The summed E-state index contributed by atoms with van der Waals surface area (Å²) in [5.74, 6) is 1.34. The summed E-state index contributed by atoms with van der Waals surface area (Å²) in [6.07, 6.45) is 4.55. The van der Waals surface area contributed by atoms with Gasteiger partial charge in [0.2, 0.25) is 8.32 Å². The van der Waals surface area contributed by atoms with Crippen LogP contribution in [0.4, 0.5) is 0 Å². The highest BCUT2D eigenvalue weighted by Crippen LogP contribution is 2.52. The average molecular weight is 164 g/mol.